The van der Waals surface area contributed by atoms with Crippen LogP contribution in [0.15, 0.2) is 43.0 Å². The van der Waals surface area contributed by atoms with E-state index in [1.807, 2.05) is 30.3 Å². The summed E-state index contributed by atoms with van der Waals surface area (Å²) in [6.07, 6.45) is 2.08. The summed E-state index contributed by atoms with van der Waals surface area (Å²) in [6, 6.07) is 9.78. The summed E-state index contributed by atoms with van der Waals surface area (Å²) >= 11 is 0. The Hall–Kier alpha value is -1.41. The molecule has 0 saturated carbocycles. The van der Waals surface area contributed by atoms with Crippen molar-refractivity contribution in [2.75, 3.05) is 7.05 Å². The van der Waals surface area contributed by atoms with Gasteiger partial charge in [-0.3, -0.25) is 4.79 Å². The zero-order chi connectivity index (χ0) is 10.4. The smallest absolute Gasteiger partial charge is 0.172 e. The van der Waals surface area contributed by atoms with E-state index in [0.29, 0.717) is 6.42 Å². The zero-order valence-corrected chi connectivity index (χ0v) is 8.36. The minimum atomic E-state index is -0.158. The summed E-state index contributed by atoms with van der Waals surface area (Å²) in [5, 5.41) is 2.98. The molecule has 0 radical (unpaired) electrons. The summed E-state index contributed by atoms with van der Waals surface area (Å²) < 4.78 is 0. The molecular formula is C12H15NO. The van der Waals surface area contributed by atoms with Crippen LogP contribution in [0.4, 0.5) is 0 Å². The number of hydrogen-bond acceptors (Lipinski definition) is 2. The number of ketones is 1. The van der Waals surface area contributed by atoms with E-state index in [1.54, 1.807) is 7.05 Å². The van der Waals surface area contributed by atoms with Crippen LogP contribution in [0.25, 0.3) is 0 Å². The molecule has 1 unspecified atom stereocenters. The molecule has 74 valence electrons. The Morgan fingerprint density at radius 1 is 1.50 bits per heavy atom. The highest BCUT2D eigenvalue weighted by Crippen LogP contribution is 2.03. The fourth-order valence-electron chi connectivity index (χ4n) is 1.34. The average Bonchev–Trinajstić information content (AvgIpc) is 2.26. The summed E-state index contributed by atoms with van der Waals surface area (Å²) in [6.45, 7) is 3.48. The van der Waals surface area contributed by atoms with Crippen LogP contribution in [0.5, 0.6) is 0 Å². The third kappa shape index (κ3) is 2.82. The van der Waals surface area contributed by atoms with E-state index in [1.165, 1.54) is 6.08 Å². The minimum Gasteiger partial charge on any atom is -0.310 e. The number of carbonyl (C=O) groups is 1. The number of likely N-dealkylation sites (N-methyl/N-ethyl adjacent to an activating group) is 1. The summed E-state index contributed by atoms with van der Waals surface area (Å²) in [7, 11) is 1.79. The van der Waals surface area contributed by atoms with Gasteiger partial charge in [0.2, 0.25) is 0 Å². The van der Waals surface area contributed by atoms with Crippen molar-refractivity contribution in [3.63, 3.8) is 0 Å². The fraction of sp³-hybridized carbons (Fsp3) is 0.250. The first-order chi connectivity index (χ1) is 6.77. The van der Waals surface area contributed by atoms with Gasteiger partial charge in [-0.2, -0.15) is 0 Å². The van der Waals surface area contributed by atoms with Gasteiger partial charge in [0.05, 0.1) is 6.04 Å². The number of rotatable bonds is 5. The molecule has 0 fully saturated rings. The maximum Gasteiger partial charge on any atom is 0.172 e. The van der Waals surface area contributed by atoms with Gasteiger partial charge in [-0.25, -0.2) is 0 Å². The second kappa shape index (κ2) is 5.35. The predicted molar refractivity (Wildman–Crippen MR) is 58.2 cm³/mol. The van der Waals surface area contributed by atoms with Crippen molar-refractivity contribution in [3.05, 3.63) is 48.6 Å². The topological polar surface area (TPSA) is 29.1 Å². The molecule has 0 aliphatic carbocycles. The standard InChI is InChI=1S/C12H15NO/c1-3-12(14)11(13-2)9-10-7-5-4-6-8-10/h3-8,11,13H,1,9H2,2H3. The highest BCUT2D eigenvalue weighted by molar-refractivity contribution is 5.93. The molecule has 0 saturated heterocycles. The molecule has 0 aliphatic heterocycles. The average molecular weight is 189 g/mol. The lowest BCUT2D eigenvalue weighted by Crippen LogP contribution is -2.34. The van der Waals surface area contributed by atoms with Crippen LogP contribution in [-0.2, 0) is 11.2 Å². The van der Waals surface area contributed by atoms with Crippen LogP contribution in [0.2, 0.25) is 0 Å². The van der Waals surface area contributed by atoms with Crippen LogP contribution < -0.4 is 5.32 Å². The van der Waals surface area contributed by atoms with Crippen LogP contribution >= 0.6 is 0 Å². The van der Waals surface area contributed by atoms with Crippen molar-refractivity contribution in [1.29, 1.82) is 0 Å². The Bertz CT molecular complexity index is 305. The molecule has 0 amide bonds. The second-order valence-electron chi connectivity index (χ2n) is 3.14. The SMILES string of the molecule is C=CC(=O)C(Cc1ccccc1)NC. The number of hydrogen-bond donors (Lipinski definition) is 1. The highest BCUT2D eigenvalue weighted by Gasteiger charge is 2.12. The Morgan fingerprint density at radius 3 is 2.64 bits per heavy atom. The van der Waals surface area contributed by atoms with Gasteiger partial charge in [-0.1, -0.05) is 36.9 Å². The largest absolute Gasteiger partial charge is 0.310 e. The molecule has 0 spiro atoms. The van der Waals surface area contributed by atoms with Gasteiger partial charge >= 0.3 is 0 Å². The number of carbonyl (C=O) groups excluding carboxylic acids is 1. The summed E-state index contributed by atoms with van der Waals surface area (Å²) in [5.74, 6) is 0.0383. The maximum atomic E-state index is 11.4. The Labute approximate surface area is 84.6 Å². The van der Waals surface area contributed by atoms with Crippen molar-refractivity contribution in [3.8, 4) is 0 Å². The van der Waals surface area contributed by atoms with Crippen molar-refractivity contribution in [1.82, 2.24) is 5.32 Å². The number of benzene rings is 1. The first-order valence-corrected chi connectivity index (χ1v) is 4.65. The van der Waals surface area contributed by atoms with E-state index in [0.717, 1.165) is 5.56 Å². The van der Waals surface area contributed by atoms with E-state index in [-0.39, 0.29) is 11.8 Å². The first kappa shape index (κ1) is 10.7. The van der Waals surface area contributed by atoms with Crippen LogP contribution in [0, 0.1) is 0 Å². The Kier molecular flexibility index (Phi) is 4.08. The Morgan fingerprint density at radius 2 is 2.14 bits per heavy atom. The van der Waals surface area contributed by atoms with E-state index >= 15 is 0 Å². The van der Waals surface area contributed by atoms with Gasteiger partial charge in [-0.15, -0.1) is 0 Å². The van der Waals surface area contributed by atoms with Crippen molar-refractivity contribution in [2.45, 2.75) is 12.5 Å². The third-order valence-electron chi connectivity index (χ3n) is 2.18. The molecule has 0 aliphatic rings. The predicted octanol–water partition coefficient (Wildman–Crippen LogP) is 1.57. The van der Waals surface area contributed by atoms with Gasteiger partial charge in [0.15, 0.2) is 5.78 Å². The monoisotopic (exact) mass is 189 g/mol. The maximum absolute atomic E-state index is 11.4. The molecule has 2 heteroatoms. The van der Waals surface area contributed by atoms with Crippen molar-refractivity contribution >= 4 is 5.78 Å². The van der Waals surface area contributed by atoms with E-state index in [9.17, 15) is 4.79 Å². The molecular weight excluding hydrogens is 174 g/mol. The molecule has 0 aromatic heterocycles. The quantitative estimate of drug-likeness (QED) is 0.712. The number of nitrogens with one attached hydrogen (secondary N) is 1. The highest BCUT2D eigenvalue weighted by atomic mass is 16.1. The van der Waals surface area contributed by atoms with E-state index < -0.39 is 0 Å². The van der Waals surface area contributed by atoms with Crippen LogP contribution in [0.1, 0.15) is 5.56 Å². The van der Waals surface area contributed by atoms with E-state index in [2.05, 4.69) is 11.9 Å². The van der Waals surface area contributed by atoms with Crippen LogP contribution in [0.3, 0.4) is 0 Å². The Balaban J connectivity index is 2.66. The lowest BCUT2D eigenvalue weighted by Gasteiger charge is -2.12. The fourth-order valence-corrected chi connectivity index (χ4v) is 1.34. The van der Waals surface area contributed by atoms with Crippen molar-refractivity contribution < 1.29 is 4.79 Å². The lowest BCUT2D eigenvalue weighted by atomic mass is 10.0. The van der Waals surface area contributed by atoms with Gasteiger partial charge in [0.25, 0.3) is 0 Å². The molecule has 0 heterocycles. The first-order valence-electron chi connectivity index (χ1n) is 4.65. The molecule has 1 atom stereocenters. The molecule has 0 bridgehead atoms. The van der Waals surface area contributed by atoms with Gasteiger partial charge in [-0.05, 0) is 25.1 Å². The van der Waals surface area contributed by atoms with Gasteiger partial charge in [0, 0.05) is 0 Å². The molecule has 1 N–H and O–H groups in total. The normalized spacial score (nSPS) is 12.1. The van der Waals surface area contributed by atoms with E-state index in [4.69, 9.17) is 0 Å². The third-order valence-corrected chi connectivity index (χ3v) is 2.18. The molecule has 14 heavy (non-hydrogen) atoms. The minimum absolute atomic E-state index is 0.0383. The molecule has 1 rings (SSSR count). The van der Waals surface area contributed by atoms with Gasteiger partial charge < -0.3 is 5.32 Å². The second-order valence-corrected chi connectivity index (χ2v) is 3.14. The van der Waals surface area contributed by atoms with Crippen LogP contribution in [-0.4, -0.2) is 18.9 Å². The van der Waals surface area contributed by atoms with Crippen molar-refractivity contribution in [2.24, 2.45) is 0 Å². The molecule has 2 nitrogen and oxygen atoms in total. The molecule has 1 aromatic rings. The van der Waals surface area contributed by atoms with Gasteiger partial charge in [0.1, 0.15) is 0 Å². The lowest BCUT2D eigenvalue weighted by molar-refractivity contribution is -0.116. The summed E-state index contributed by atoms with van der Waals surface area (Å²) in [5.41, 5.74) is 1.15. The zero-order valence-electron chi connectivity index (χ0n) is 8.36. The summed E-state index contributed by atoms with van der Waals surface area (Å²) in [4.78, 5) is 11.4. The molecule has 1 aromatic carbocycles.